The summed E-state index contributed by atoms with van der Waals surface area (Å²) in [7, 11) is 0. The molecule has 0 fully saturated rings. The van der Waals surface area contributed by atoms with Crippen molar-refractivity contribution in [1.82, 2.24) is 9.97 Å². The molecule has 1 N–H and O–H groups in total. The number of aromatic nitrogens is 2. The average molecular weight is 359 g/mol. The second-order valence-corrected chi connectivity index (χ2v) is 6.10. The van der Waals surface area contributed by atoms with Crippen LogP contribution in [0, 0.1) is 0 Å². The summed E-state index contributed by atoms with van der Waals surface area (Å²) in [5.74, 6) is 0. The summed E-state index contributed by atoms with van der Waals surface area (Å²) in [6.45, 7) is 0.110. The fourth-order valence-electron chi connectivity index (χ4n) is 2.38. The molecule has 0 spiro atoms. The summed E-state index contributed by atoms with van der Waals surface area (Å²) in [5.41, 5.74) is 3.06. The Hall–Kier alpha value is -1.41. The molecule has 1 aromatic carbocycles. The van der Waals surface area contributed by atoms with Gasteiger partial charge in [0.15, 0.2) is 0 Å². The van der Waals surface area contributed by atoms with Crippen LogP contribution in [0.1, 0.15) is 5.56 Å². The van der Waals surface area contributed by atoms with Gasteiger partial charge in [-0.25, -0.2) is 0 Å². The third-order valence-electron chi connectivity index (χ3n) is 3.38. The van der Waals surface area contributed by atoms with Crippen molar-refractivity contribution in [2.24, 2.45) is 0 Å². The predicted molar refractivity (Wildman–Crippen MR) is 86.2 cm³/mol. The third kappa shape index (κ3) is 2.96. The fourth-order valence-corrected chi connectivity index (χ4v) is 3.07. The molecule has 0 saturated carbocycles. The molecule has 0 unspecified atom stereocenters. The molecule has 5 heteroatoms. The van der Waals surface area contributed by atoms with E-state index in [0.717, 1.165) is 31.9 Å². The fraction of sp³-hybridized carbons (Fsp3) is 0.125. The van der Waals surface area contributed by atoms with E-state index in [1.165, 1.54) is 0 Å². The molecule has 0 atom stereocenters. The molecule has 0 bridgehead atoms. The van der Waals surface area contributed by atoms with Crippen LogP contribution < -0.4 is 4.48 Å². The van der Waals surface area contributed by atoms with Crippen LogP contribution in [0.5, 0.6) is 0 Å². The van der Waals surface area contributed by atoms with Crippen molar-refractivity contribution in [3.05, 3.63) is 53.4 Å². The Labute approximate surface area is 136 Å². The second kappa shape index (κ2) is 6.15. The molecule has 3 nitrogen and oxygen atoms in total. The van der Waals surface area contributed by atoms with Gasteiger partial charge < -0.3 is 0 Å². The summed E-state index contributed by atoms with van der Waals surface area (Å²) in [5, 5.41) is 11.8. The number of benzene rings is 1. The molecule has 0 aliphatic heterocycles. The Morgan fingerprint density at radius 3 is 2.86 bits per heavy atom. The first-order valence-electron chi connectivity index (χ1n) is 6.51. The maximum absolute atomic E-state index is 9.20. The molecule has 0 aliphatic rings. The van der Waals surface area contributed by atoms with Crippen molar-refractivity contribution in [3.8, 4) is 11.1 Å². The van der Waals surface area contributed by atoms with Gasteiger partial charge in [-0.1, -0.05) is 0 Å². The predicted octanol–water partition coefficient (Wildman–Crippen LogP) is 2.28. The van der Waals surface area contributed by atoms with E-state index in [-0.39, 0.29) is 6.61 Å². The monoisotopic (exact) mass is 358 g/mol. The van der Waals surface area contributed by atoms with Crippen LogP contribution in [-0.4, -0.2) is 38.5 Å². The summed E-state index contributed by atoms with van der Waals surface area (Å²) in [6.07, 6.45) is 5.93. The Balaban J connectivity index is 2.21. The first-order valence-corrected chi connectivity index (χ1v) is 7.83. The molecular formula is C16H12AsClN2O. The van der Waals surface area contributed by atoms with Crippen LogP contribution >= 0.6 is 11.6 Å². The van der Waals surface area contributed by atoms with E-state index in [4.69, 9.17) is 11.6 Å². The molecule has 3 aromatic rings. The number of hydrogen-bond donors (Lipinski definition) is 1. The van der Waals surface area contributed by atoms with E-state index in [0.29, 0.717) is 11.4 Å². The third-order valence-corrected chi connectivity index (χ3v) is 4.20. The summed E-state index contributed by atoms with van der Waals surface area (Å²) >= 11 is 8.81. The van der Waals surface area contributed by atoms with E-state index >= 15 is 0 Å². The summed E-state index contributed by atoms with van der Waals surface area (Å²) < 4.78 is 0.894. The normalized spacial score (nSPS) is 11.0. The van der Waals surface area contributed by atoms with Crippen LogP contribution in [0.3, 0.4) is 0 Å². The van der Waals surface area contributed by atoms with Crippen molar-refractivity contribution in [3.63, 3.8) is 0 Å². The minimum atomic E-state index is 0.110. The number of aliphatic hydroxyl groups is 1. The number of hydrogen-bond acceptors (Lipinski definition) is 3. The molecule has 2 radical (unpaired) electrons. The average Bonchev–Trinajstić information content (AvgIpc) is 2.47. The minimum absolute atomic E-state index is 0.110. The van der Waals surface area contributed by atoms with Crippen molar-refractivity contribution in [2.45, 2.75) is 6.42 Å². The van der Waals surface area contributed by atoms with Crippen molar-refractivity contribution < 1.29 is 5.11 Å². The number of pyridine rings is 2. The maximum atomic E-state index is 9.20. The standard InChI is InChI=1S/C16H12AsClN2O/c17-16-7-12-5-11(6-15(18)14(12)9-20-16)13-8-19-3-1-10(13)2-4-21/h1,3,5-9,21H,2,4H2. The van der Waals surface area contributed by atoms with Crippen LogP contribution in [0.2, 0.25) is 5.02 Å². The van der Waals surface area contributed by atoms with E-state index < -0.39 is 0 Å². The van der Waals surface area contributed by atoms with Gasteiger partial charge in [-0.15, -0.1) is 0 Å². The molecule has 2 aromatic heterocycles. The Bertz CT molecular complexity index is 807. The molecule has 0 saturated heterocycles. The van der Waals surface area contributed by atoms with Gasteiger partial charge in [0.2, 0.25) is 0 Å². The SMILES string of the molecule is OCCc1ccncc1-c1cc(Cl)c2cnc([As])cc2c1. The van der Waals surface area contributed by atoms with Gasteiger partial charge in [-0.3, -0.25) is 0 Å². The first kappa shape index (κ1) is 14.5. The van der Waals surface area contributed by atoms with Crippen LogP contribution in [0.25, 0.3) is 21.9 Å². The topological polar surface area (TPSA) is 46.0 Å². The van der Waals surface area contributed by atoms with E-state index in [1.54, 1.807) is 12.4 Å². The van der Waals surface area contributed by atoms with Gasteiger partial charge in [-0.2, -0.15) is 0 Å². The molecule has 0 amide bonds. The second-order valence-electron chi connectivity index (χ2n) is 4.73. The van der Waals surface area contributed by atoms with Gasteiger partial charge in [0.05, 0.1) is 0 Å². The van der Waals surface area contributed by atoms with Gasteiger partial charge in [0.1, 0.15) is 0 Å². The number of nitrogens with zero attached hydrogens (tertiary/aromatic N) is 2. The van der Waals surface area contributed by atoms with Crippen LogP contribution in [0.15, 0.2) is 42.9 Å². The van der Waals surface area contributed by atoms with Gasteiger partial charge in [-0.05, 0) is 0 Å². The van der Waals surface area contributed by atoms with Crippen molar-refractivity contribution in [2.75, 3.05) is 6.61 Å². The van der Waals surface area contributed by atoms with E-state index in [9.17, 15) is 5.11 Å². The summed E-state index contributed by atoms with van der Waals surface area (Å²) in [4.78, 5) is 8.45. The quantitative estimate of drug-likeness (QED) is 0.731. The Morgan fingerprint density at radius 2 is 2.05 bits per heavy atom. The Kier molecular flexibility index (Phi) is 4.25. The molecule has 0 aliphatic carbocycles. The van der Waals surface area contributed by atoms with E-state index in [1.807, 2.05) is 24.4 Å². The van der Waals surface area contributed by atoms with Crippen molar-refractivity contribution in [1.29, 1.82) is 0 Å². The van der Waals surface area contributed by atoms with Crippen LogP contribution in [-0.2, 0) is 6.42 Å². The van der Waals surface area contributed by atoms with Gasteiger partial charge in [0, 0.05) is 0 Å². The summed E-state index contributed by atoms with van der Waals surface area (Å²) in [6, 6.07) is 7.93. The van der Waals surface area contributed by atoms with Crippen molar-refractivity contribution >= 4 is 43.7 Å². The zero-order chi connectivity index (χ0) is 14.8. The Morgan fingerprint density at radius 1 is 1.19 bits per heavy atom. The number of rotatable bonds is 3. The number of aliphatic hydroxyl groups excluding tert-OH is 1. The first-order chi connectivity index (χ1) is 10.2. The molecule has 3 rings (SSSR count). The van der Waals surface area contributed by atoms with Gasteiger partial charge >= 0.3 is 136 Å². The zero-order valence-corrected chi connectivity index (χ0v) is 13.8. The van der Waals surface area contributed by atoms with Gasteiger partial charge in [0.25, 0.3) is 0 Å². The molecule has 21 heavy (non-hydrogen) atoms. The molecule has 2 heterocycles. The van der Waals surface area contributed by atoms with E-state index in [2.05, 4.69) is 32.9 Å². The number of fused-ring (bicyclic) bond motifs is 1. The molecular weight excluding hydrogens is 347 g/mol. The number of halogens is 1. The zero-order valence-electron chi connectivity index (χ0n) is 11.1. The molecule has 104 valence electrons. The van der Waals surface area contributed by atoms with Crippen LogP contribution in [0.4, 0.5) is 0 Å².